The van der Waals surface area contributed by atoms with Crippen molar-refractivity contribution in [1.82, 2.24) is 14.7 Å². The summed E-state index contributed by atoms with van der Waals surface area (Å²) in [5.74, 6) is 0.723. The van der Waals surface area contributed by atoms with Gasteiger partial charge in [-0.1, -0.05) is 30.8 Å². The van der Waals surface area contributed by atoms with Gasteiger partial charge >= 0.3 is 0 Å². The highest BCUT2D eigenvalue weighted by molar-refractivity contribution is 7.99. The van der Waals surface area contributed by atoms with Gasteiger partial charge in [-0.15, -0.1) is 11.3 Å². The van der Waals surface area contributed by atoms with Crippen molar-refractivity contribution in [2.45, 2.75) is 64.6 Å². The highest BCUT2D eigenvalue weighted by atomic mass is 32.2. The van der Waals surface area contributed by atoms with Crippen LogP contribution in [0.5, 0.6) is 0 Å². The average molecular weight is 447 g/mol. The van der Waals surface area contributed by atoms with Gasteiger partial charge in [-0.05, 0) is 50.5 Å². The molecule has 0 spiro atoms. The summed E-state index contributed by atoms with van der Waals surface area (Å²) in [6, 6.07) is 1.67. The number of nitrogens with zero attached hydrogens (tertiary/aromatic N) is 3. The number of nitrogens with one attached hydrogen (secondary N) is 1. The van der Waals surface area contributed by atoms with E-state index in [1.807, 2.05) is 0 Å². The molecule has 0 bridgehead atoms. The lowest BCUT2D eigenvalue weighted by atomic mass is 9.97. The SMILES string of the molecule is Cc1cc(NC(=O)CSc2nc3sc4c(c3c(=O)n2CCC(C)C)CCCC4)on1. The number of amides is 1. The second-order valence-corrected chi connectivity index (χ2v) is 10.1. The molecule has 3 heterocycles. The second kappa shape index (κ2) is 8.93. The van der Waals surface area contributed by atoms with E-state index in [0.717, 1.165) is 35.9 Å². The Balaban J connectivity index is 1.62. The first-order valence-corrected chi connectivity index (χ1v) is 12.1. The van der Waals surface area contributed by atoms with E-state index >= 15 is 0 Å². The van der Waals surface area contributed by atoms with E-state index in [9.17, 15) is 9.59 Å². The van der Waals surface area contributed by atoms with Gasteiger partial charge in [-0.25, -0.2) is 4.98 Å². The largest absolute Gasteiger partial charge is 0.338 e. The lowest BCUT2D eigenvalue weighted by molar-refractivity contribution is -0.113. The van der Waals surface area contributed by atoms with Gasteiger partial charge < -0.3 is 4.52 Å². The Kier molecular flexibility index (Phi) is 6.29. The topological polar surface area (TPSA) is 90.0 Å². The summed E-state index contributed by atoms with van der Waals surface area (Å²) in [4.78, 5) is 32.7. The number of hydrogen-bond acceptors (Lipinski definition) is 7. The van der Waals surface area contributed by atoms with E-state index in [4.69, 9.17) is 9.51 Å². The molecule has 0 saturated heterocycles. The first-order valence-electron chi connectivity index (χ1n) is 10.3. The molecule has 0 saturated carbocycles. The zero-order valence-corrected chi connectivity index (χ0v) is 19.1. The lowest BCUT2D eigenvalue weighted by Gasteiger charge is -2.14. The van der Waals surface area contributed by atoms with Crippen LogP contribution in [0.2, 0.25) is 0 Å². The standard InChI is InChI=1S/C21H26N4O3S2/c1-12(2)8-9-25-20(27)18-14-6-4-5-7-15(14)30-19(18)23-21(25)29-11-16(26)22-17-10-13(3)24-28-17/h10,12H,4-9,11H2,1-3H3,(H,22,26). The predicted octanol–water partition coefficient (Wildman–Crippen LogP) is 4.41. The van der Waals surface area contributed by atoms with Crippen LogP contribution in [-0.4, -0.2) is 26.4 Å². The maximum absolute atomic E-state index is 13.4. The van der Waals surface area contributed by atoms with Crippen molar-refractivity contribution < 1.29 is 9.32 Å². The van der Waals surface area contributed by atoms with E-state index < -0.39 is 0 Å². The molecule has 3 aromatic heterocycles. The van der Waals surface area contributed by atoms with E-state index in [2.05, 4.69) is 24.3 Å². The van der Waals surface area contributed by atoms with Gasteiger partial charge in [0.1, 0.15) is 4.83 Å². The van der Waals surface area contributed by atoms with Gasteiger partial charge in [0.25, 0.3) is 5.56 Å². The Morgan fingerprint density at radius 1 is 1.37 bits per heavy atom. The minimum absolute atomic E-state index is 0.0359. The van der Waals surface area contributed by atoms with Gasteiger partial charge in [0.15, 0.2) is 5.16 Å². The molecule has 3 aromatic rings. The average Bonchev–Trinajstić information content (AvgIpc) is 3.28. The molecule has 0 unspecified atom stereocenters. The number of aryl methyl sites for hydroxylation is 3. The fraction of sp³-hybridized carbons (Fsp3) is 0.524. The minimum Gasteiger partial charge on any atom is -0.338 e. The van der Waals surface area contributed by atoms with E-state index in [0.29, 0.717) is 29.2 Å². The Labute approximate surface area is 183 Å². The predicted molar refractivity (Wildman–Crippen MR) is 121 cm³/mol. The minimum atomic E-state index is -0.216. The third-order valence-electron chi connectivity index (χ3n) is 5.19. The molecule has 4 rings (SSSR count). The van der Waals surface area contributed by atoms with Crippen molar-refractivity contribution in [2.24, 2.45) is 5.92 Å². The Morgan fingerprint density at radius 2 is 2.17 bits per heavy atom. The highest BCUT2D eigenvalue weighted by Crippen LogP contribution is 2.34. The summed E-state index contributed by atoms with van der Waals surface area (Å²) >= 11 is 2.93. The highest BCUT2D eigenvalue weighted by Gasteiger charge is 2.22. The first-order chi connectivity index (χ1) is 14.4. The molecule has 160 valence electrons. The van der Waals surface area contributed by atoms with Gasteiger partial charge in [0, 0.05) is 17.5 Å². The van der Waals surface area contributed by atoms with Crippen LogP contribution in [0.15, 0.2) is 20.5 Å². The maximum Gasteiger partial charge on any atom is 0.263 e. The van der Waals surface area contributed by atoms with E-state index in [-0.39, 0.29) is 17.2 Å². The monoisotopic (exact) mass is 446 g/mol. The van der Waals surface area contributed by atoms with E-state index in [1.165, 1.54) is 28.6 Å². The number of fused-ring (bicyclic) bond motifs is 3. The van der Waals surface area contributed by atoms with Crippen LogP contribution in [0.4, 0.5) is 5.88 Å². The summed E-state index contributed by atoms with van der Waals surface area (Å²) < 4.78 is 6.80. The normalized spacial score (nSPS) is 13.7. The molecule has 0 atom stereocenters. The maximum atomic E-state index is 13.4. The Morgan fingerprint density at radius 3 is 2.90 bits per heavy atom. The van der Waals surface area contributed by atoms with Gasteiger partial charge in [-0.2, -0.15) is 0 Å². The number of anilines is 1. The Hall–Kier alpha value is -2.13. The number of aromatic nitrogens is 3. The van der Waals surface area contributed by atoms with Crippen molar-refractivity contribution in [3.63, 3.8) is 0 Å². The summed E-state index contributed by atoms with van der Waals surface area (Å²) in [5, 5.41) is 7.86. The van der Waals surface area contributed by atoms with Gasteiger partial charge in [0.2, 0.25) is 11.8 Å². The third kappa shape index (κ3) is 4.46. The molecule has 7 nitrogen and oxygen atoms in total. The molecule has 9 heteroatoms. The van der Waals surface area contributed by atoms with Crippen molar-refractivity contribution in [3.8, 4) is 0 Å². The Bertz CT molecular complexity index is 1130. The van der Waals surface area contributed by atoms with Gasteiger partial charge in [0.05, 0.1) is 16.8 Å². The van der Waals surface area contributed by atoms with Crippen LogP contribution in [0.1, 0.15) is 49.2 Å². The van der Waals surface area contributed by atoms with Crippen molar-refractivity contribution in [1.29, 1.82) is 0 Å². The molecule has 1 N–H and O–H groups in total. The van der Waals surface area contributed by atoms with Crippen molar-refractivity contribution in [3.05, 3.63) is 32.6 Å². The van der Waals surface area contributed by atoms with Crippen LogP contribution < -0.4 is 10.9 Å². The molecule has 0 aromatic carbocycles. The lowest BCUT2D eigenvalue weighted by Crippen LogP contribution is -2.25. The van der Waals surface area contributed by atoms with Crippen LogP contribution >= 0.6 is 23.1 Å². The van der Waals surface area contributed by atoms with Crippen LogP contribution in [0, 0.1) is 12.8 Å². The first kappa shape index (κ1) is 21.1. The van der Waals surface area contributed by atoms with Crippen LogP contribution in [0.25, 0.3) is 10.2 Å². The molecule has 0 radical (unpaired) electrons. The molecule has 30 heavy (non-hydrogen) atoms. The summed E-state index contributed by atoms with van der Waals surface area (Å²) in [5.41, 5.74) is 1.94. The van der Waals surface area contributed by atoms with Crippen molar-refractivity contribution >= 4 is 45.1 Å². The third-order valence-corrected chi connectivity index (χ3v) is 7.35. The van der Waals surface area contributed by atoms with E-state index in [1.54, 1.807) is 28.9 Å². The molecule has 1 amide bonds. The number of carbonyl (C=O) groups excluding carboxylic acids is 1. The second-order valence-electron chi connectivity index (χ2n) is 8.09. The summed E-state index contributed by atoms with van der Waals surface area (Å²) in [6.45, 7) is 6.68. The summed E-state index contributed by atoms with van der Waals surface area (Å²) in [7, 11) is 0. The summed E-state index contributed by atoms with van der Waals surface area (Å²) in [6.07, 6.45) is 5.17. The zero-order chi connectivity index (χ0) is 21.3. The van der Waals surface area contributed by atoms with Crippen LogP contribution in [0.3, 0.4) is 0 Å². The fourth-order valence-corrected chi connectivity index (χ4v) is 5.77. The van der Waals surface area contributed by atoms with Crippen molar-refractivity contribution in [2.75, 3.05) is 11.1 Å². The molecule has 0 aliphatic heterocycles. The molecule has 0 fully saturated rings. The molecular weight excluding hydrogens is 420 g/mol. The quantitative estimate of drug-likeness (QED) is 0.427. The number of carbonyl (C=O) groups is 1. The van der Waals surface area contributed by atoms with Gasteiger partial charge in [-0.3, -0.25) is 19.5 Å². The smallest absolute Gasteiger partial charge is 0.263 e. The molecule has 1 aliphatic carbocycles. The number of thiophene rings is 1. The fourth-order valence-electron chi connectivity index (χ4n) is 3.64. The number of thioether (sulfide) groups is 1. The van der Waals surface area contributed by atoms with Crippen LogP contribution in [-0.2, 0) is 24.2 Å². The zero-order valence-electron chi connectivity index (χ0n) is 17.5. The molecular formula is C21H26N4O3S2. The number of hydrogen-bond donors (Lipinski definition) is 1. The molecule has 1 aliphatic rings. The number of rotatable bonds is 7.